The normalized spacial score (nSPS) is 10.0. The van der Waals surface area contributed by atoms with Crippen LogP contribution in [0.15, 0.2) is 42.7 Å². The van der Waals surface area contributed by atoms with E-state index in [2.05, 4.69) is 10.3 Å². The van der Waals surface area contributed by atoms with Crippen molar-refractivity contribution in [3.63, 3.8) is 0 Å². The van der Waals surface area contributed by atoms with E-state index in [1.165, 1.54) is 18.2 Å². The van der Waals surface area contributed by atoms with Crippen molar-refractivity contribution in [3.8, 4) is 0 Å². The predicted molar refractivity (Wildman–Crippen MR) is 73.2 cm³/mol. The third kappa shape index (κ3) is 3.08. The Morgan fingerprint density at radius 3 is 2.60 bits per heavy atom. The number of primary amides is 1. The van der Waals surface area contributed by atoms with Gasteiger partial charge in [-0.05, 0) is 29.8 Å². The zero-order chi connectivity index (χ0) is 14.5. The smallest absolute Gasteiger partial charge is 0.292 e. The van der Waals surface area contributed by atoms with E-state index in [1.54, 1.807) is 24.5 Å². The summed E-state index contributed by atoms with van der Waals surface area (Å²) in [6.07, 6.45) is 3.26. The molecule has 2 rings (SSSR count). The lowest BCUT2D eigenvalue weighted by Crippen LogP contribution is -2.12. The van der Waals surface area contributed by atoms with Crippen molar-refractivity contribution in [1.29, 1.82) is 0 Å². The second-order valence-corrected chi connectivity index (χ2v) is 4.06. The average molecular weight is 272 g/mol. The Bertz CT molecular complexity index is 643. The van der Waals surface area contributed by atoms with E-state index >= 15 is 0 Å². The summed E-state index contributed by atoms with van der Waals surface area (Å²) in [7, 11) is 0. The van der Waals surface area contributed by atoms with Gasteiger partial charge in [0, 0.05) is 30.6 Å². The minimum atomic E-state index is -0.633. The van der Waals surface area contributed by atoms with Crippen LogP contribution in [-0.2, 0) is 6.54 Å². The number of nitrogens with zero attached hydrogens (tertiary/aromatic N) is 2. The minimum Gasteiger partial charge on any atom is -0.375 e. The number of benzene rings is 1. The second-order valence-electron chi connectivity index (χ2n) is 4.06. The van der Waals surface area contributed by atoms with Gasteiger partial charge in [0.1, 0.15) is 5.69 Å². The quantitative estimate of drug-likeness (QED) is 0.635. The Morgan fingerprint density at radius 2 is 2.00 bits per heavy atom. The molecule has 0 fully saturated rings. The van der Waals surface area contributed by atoms with Gasteiger partial charge in [-0.15, -0.1) is 0 Å². The Balaban J connectivity index is 2.26. The fourth-order valence-electron chi connectivity index (χ4n) is 1.69. The van der Waals surface area contributed by atoms with Gasteiger partial charge in [0.15, 0.2) is 0 Å². The van der Waals surface area contributed by atoms with Gasteiger partial charge in [0.25, 0.3) is 5.69 Å². The molecule has 0 saturated carbocycles. The standard InChI is InChI=1S/C13H12N4O3/c14-13(18)10-1-2-12(17(19)20)11(7-10)16-8-9-3-5-15-6-4-9/h1-7,16H,8H2,(H2,14,18). The van der Waals surface area contributed by atoms with Crippen molar-refractivity contribution < 1.29 is 9.72 Å². The molecule has 0 atom stereocenters. The first kappa shape index (κ1) is 13.5. The van der Waals surface area contributed by atoms with Crippen LogP contribution < -0.4 is 11.1 Å². The Kier molecular flexibility index (Phi) is 3.90. The first-order valence-electron chi connectivity index (χ1n) is 5.79. The number of nitro groups is 1. The van der Waals surface area contributed by atoms with Gasteiger partial charge >= 0.3 is 0 Å². The van der Waals surface area contributed by atoms with E-state index in [0.717, 1.165) is 5.56 Å². The van der Waals surface area contributed by atoms with Gasteiger partial charge in [-0.25, -0.2) is 0 Å². The molecule has 0 aliphatic carbocycles. The first-order chi connectivity index (χ1) is 9.58. The predicted octanol–water partition coefficient (Wildman–Crippen LogP) is 1.70. The number of hydrogen-bond acceptors (Lipinski definition) is 5. The molecule has 1 aromatic carbocycles. The van der Waals surface area contributed by atoms with Gasteiger partial charge < -0.3 is 11.1 Å². The molecular weight excluding hydrogens is 260 g/mol. The van der Waals surface area contributed by atoms with Crippen molar-refractivity contribution in [2.45, 2.75) is 6.54 Å². The van der Waals surface area contributed by atoms with Crippen LogP contribution in [0, 0.1) is 10.1 Å². The SMILES string of the molecule is NC(=O)c1ccc([N+](=O)[O-])c(NCc2ccncc2)c1. The molecule has 20 heavy (non-hydrogen) atoms. The highest BCUT2D eigenvalue weighted by Gasteiger charge is 2.15. The topological polar surface area (TPSA) is 111 Å². The maximum absolute atomic E-state index is 11.1. The molecule has 0 radical (unpaired) electrons. The van der Waals surface area contributed by atoms with Crippen molar-refractivity contribution in [1.82, 2.24) is 4.98 Å². The third-order valence-corrected chi connectivity index (χ3v) is 2.71. The molecular formula is C13H12N4O3. The summed E-state index contributed by atoms with van der Waals surface area (Å²) in [5.41, 5.74) is 6.45. The highest BCUT2D eigenvalue weighted by Crippen LogP contribution is 2.25. The highest BCUT2D eigenvalue weighted by molar-refractivity contribution is 5.94. The zero-order valence-electron chi connectivity index (χ0n) is 10.4. The van der Waals surface area contributed by atoms with Gasteiger partial charge in [-0.3, -0.25) is 19.9 Å². The first-order valence-corrected chi connectivity index (χ1v) is 5.79. The lowest BCUT2D eigenvalue weighted by atomic mass is 10.1. The molecule has 0 bridgehead atoms. The summed E-state index contributed by atoms with van der Waals surface area (Å²) in [4.78, 5) is 25.5. The van der Waals surface area contributed by atoms with E-state index in [9.17, 15) is 14.9 Å². The molecule has 1 aromatic heterocycles. The number of carbonyl (C=O) groups excluding carboxylic acids is 1. The van der Waals surface area contributed by atoms with Crippen molar-refractivity contribution >= 4 is 17.3 Å². The van der Waals surface area contributed by atoms with Crippen LogP contribution in [0.4, 0.5) is 11.4 Å². The number of amides is 1. The van der Waals surface area contributed by atoms with Gasteiger partial charge in [0.2, 0.25) is 5.91 Å². The van der Waals surface area contributed by atoms with Crippen LogP contribution in [0.5, 0.6) is 0 Å². The highest BCUT2D eigenvalue weighted by atomic mass is 16.6. The fourth-order valence-corrected chi connectivity index (χ4v) is 1.69. The molecule has 102 valence electrons. The van der Waals surface area contributed by atoms with Crippen LogP contribution in [0.1, 0.15) is 15.9 Å². The summed E-state index contributed by atoms with van der Waals surface area (Å²) in [6, 6.07) is 7.54. The van der Waals surface area contributed by atoms with Gasteiger partial charge in [-0.2, -0.15) is 0 Å². The summed E-state index contributed by atoms with van der Waals surface area (Å²) in [5.74, 6) is -0.633. The number of nitrogens with two attached hydrogens (primary N) is 1. The largest absolute Gasteiger partial charge is 0.375 e. The fraction of sp³-hybridized carbons (Fsp3) is 0.0769. The monoisotopic (exact) mass is 272 g/mol. The van der Waals surface area contributed by atoms with Crippen LogP contribution in [-0.4, -0.2) is 15.8 Å². The number of nitrogens with one attached hydrogen (secondary N) is 1. The van der Waals surface area contributed by atoms with Gasteiger partial charge in [0.05, 0.1) is 4.92 Å². The van der Waals surface area contributed by atoms with E-state index < -0.39 is 10.8 Å². The molecule has 2 aromatic rings. The number of aromatic nitrogens is 1. The molecule has 0 aliphatic rings. The number of anilines is 1. The molecule has 0 aliphatic heterocycles. The number of hydrogen-bond donors (Lipinski definition) is 2. The van der Waals surface area contributed by atoms with Crippen molar-refractivity contribution in [2.24, 2.45) is 5.73 Å². The van der Waals surface area contributed by atoms with Crippen LogP contribution in [0.2, 0.25) is 0 Å². The lowest BCUT2D eigenvalue weighted by molar-refractivity contribution is -0.384. The van der Waals surface area contributed by atoms with E-state index in [-0.39, 0.29) is 16.9 Å². The Labute approximate surface area is 114 Å². The molecule has 1 heterocycles. The second kappa shape index (κ2) is 5.79. The average Bonchev–Trinajstić information content (AvgIpc) is 2.45. The molecule has 7 nitrogen and oxygen atoms in total. The van der Waals surface area contributed by atoms with Crippen LogP contribution in [0.3, 0.4) is 0 Å². The maximum Gasteiger partial charge on any atom is 0.292 e. The summed E-state index contributed by atoms with van der Waals surface area (Å²) >= 11 is 0. The molecule has 0 spiro atoms. The minimum absolute atomic E-state index is 0.107. The number of nitro benzene ring substituents is 1. The van der Waals surface area contributed by atoms with Crippen molar-refractivity contribution in [2.75, 3.05) is 5.32 Å². The summed E-state index contributed by atoms with van der Waals surface area (Å²) < 4.78 is 0. The number of pyridine rings is 1. The summed E-state index contributed by atoms with van der Waals surface area (Å²) in [6.45, 7) is 0.381. The maximum atomic E-state index is 11.1. The summed E-state index contributed by atoms with van der Waals surface area (Å²) in [5, 5.41) is 13.9. The number of carbonyl (C=O) groups is 1. The number of rotatable bonds is 5. The third-order valence-electron chi connectivity index (χ3n) is 2.71. The zero-order valence-corrected chi connectivity index (χ0v) is 10.4. The lowest BCUT2D eigenvalue weighted by Gasteiger charge is -2.08. The van der Waals surface area contributed by atoms with E-state index in [1.807, 2.05) is 0 Å². The Hall–Kier alpha value is -2.96. The van der Waals surface area contributed by atoms with Crippen LogP contribution in [0.25, 0.3) is 0 Å². The molecule has 7 heteroatoms. The molecule has 3 N–H and O–H groups in total. The Morgan fingerprint density at radius 1 is 1.30 bits per heavy atom. The molecule has 0 saturated heterocycles. The molecule has 0 unspecified atom stereocenters. The van der Waals surface area contributed by atoms with Crippen LogP contribution >= 0.6 is 0 Å². The van der Waals surface area contributed by atoms with Gasteiger partial charge in [-0.1, -0.05) is 0 Å². The van der Waals surface area contributed by atoms with Crippen molar-refractivity contribution in [3.05, 3.63) is 64.0 Å². The van der Waals surface area contributed by atoms with E-state index in [4.69, 9.17) is 5.73 Å². The van der Waals surface area contributed by atoms with E-state index in [0.29, 0.717) is 6.54 Å². The molecule has 1 amide bonds.